The Hall–Kier alpha value is -7.22. The van der Waals surface area contributed by atoms with Crippen molar-refractivity contribution in [3.05, 3.63) is 158 Å². The lowest BCUT2D eigenvalue weighted by atomic mass is 10.0. The fraction of sp³-hybridized carbons (Fsp3) is 0. The number of oxazole rings is 1. The molecular formula is C48H26N4O2S. The summed E-state index contributed by atoms with van der Waals surface area (Å²) in [6, 6.07) is 54.1. The number of benzene rings is 8. The van der Waals surface area contributed by atoms with E-state index in [1.807, 2.05) is 48.5 Å². The first-order valence-electron chi connectivity index (χ1n) is 18.1. The maximum absolute atomic E-state index is 6.52. The summed E-state index contributed by atoms with van der Waals surface area (Å²) in [5, 5.41) is 8.59. The molecular weight excluding hydrogens is 697 g/mol. The van der Waals surface area contributed by atoms with Crippen molar-refractivity contribution in [3.63, 3.8) is 0 Å². The molecule has 4 aromatic heterocycles. The van der Waals surface area contributed by atoms with Gasteiger partial charge < -0.3 is 8.83 Å². The molecule has 12 aromatic rings. The second-order valence-corrected chi connectivity index (χ2v) is 14.8. The largest absolute Gasteiger partial charge is 0.456 e. The highest BCUT2D eigenvalue weighted by Gasteiger charge is 2.21. The Balaban J connectivity index is 1.12. The minimum absolute atomic E-state index is 0.575. The van der Waals surface area contributed by atoms with E-state index in [9.17, 15) is 0 Å². The number of rotatable bonds is 4. The highest BCUT2D eigenvalue weighted by atomic mass is 32.1. The number of fused-ring (bicyclic) bond motifs is 11. The summed E-state index contributed by atoms with van der Waals surface area (Å²) in [5.74, 6) is 2.42. The molecule has 0 saturated carbocycles. The van der Waals surface area contributed by atoms with Crippen LogP contribution in [0.1, 0.15) is 0 Å². The Labute approximate surface area is 317 Å². The number of aromatic nitrogens is 4. The maximum atomic E-state index is 6.52. The number of thiophene rings is 1. The monoisotopic (exact) mass is 722 g/mol. The van der Waals surface area contributed by atoms with Crippen LogP contribution in [-0.2, 0) is 0 Å². The maximum Gasteiger partial charge on any atom is 0.227 e. The zero-order valence-electron chi connectivity index (χ0n) is 29.0. The summed E-state index contributed by atoms with van der Waals surface area (Å²) in [4.78, 5) is 20.6. The zero-order valence-corrected chi connectivity index (χ0v) is 29.8. The van der Waals surface area contributed by atoms with Crippen LogP contribution in [0.15, 0.2) is 167 Å². The van der Waals surface area contributed by atoms with E-state index in [1.165, 1.54) is 15.5 Å². The second-order valence-electron chi connectivity index (χ2n) is 13.8. The molecule has 0 amide bonds. The number of nitrogens with zero attached hydrogens (tertiary/aromatic N) is 4. The molecule has 55 heavy (non-hydrogen) atoms. The Kier molecular flexibility index (Phi) is 6.40. The lowest BCUT2D eigenvalue weighted by Gasteiger charge is -2.11. The van der Waals surface area contributed by atoms with E-state index in [2.05, 4.69) is 109 Å². The third-order valence-corrected chi connectivity index (χ3v) is 11.8. The van der Waals surface area contributed by atoms with Crippen LogP contribution >= 0.6 is 11.3 Å². The van der Waals surface area contributed by atoms with Gasteiger partial charge in [0.2, 0.25) is 5.89 Å². The lowest BCUT2D eigenvalue weighted by Crippen LogP contribution is -2.00. The average Bonchev–Trinajstić information content (AvgIpc) is 3.97. The second kappa shape index (κ2) is 11.6. The summed E-state index contributed by atoms with van der Waals surface area (Å²) < 4.78 is 15.4. The zero-order chi connectivity index (χ0) is 36.0. The molecule has 0 spiro atoms. The Bertz CT molecular complexity index is 3500. The van der Waals surface area contributed by atoms with Gasteiger partial charge in [0.05, 0.1) is 5.39 Å². The molecule has 0 fully saturated rings. The number of hydrogen-bond acceptors (Lipinski definition) is 7. The van der Waals surface area contributed by atoms with Gasteiger partial charge in [-0.3, -0.25) is 0 Å². The van der Waals surface area contributed by atoms with Gasteiger partial charge in [0.15, 0.2) is 23.1 Å². The van der Waals surface area contributed by atoms with E-state index in [1.54, 1.807) is 11.3 Å². The van der Waals surface area contributed by atoms with Crippen molar-refractivity contribution in [2.75, 3.05) is 0 Å². The SMILES string of the molecule is c1ccc(-c2nc3ccc4oc5ccc6ccc(-c7nc(-c8cccc9ccccc89)nc(-c8cccc9c8sc8ccccc89)n7)cc6c5c4c3o2)cc1. The molecule has 7 heteroatoms. The van der Waals surface area contributed by atoms with Gasteiger partial charge >= 0.3 is 0 Å². The van der Waals surface area contributed by atoms with Gasteiger partial charge in [-0.15, -0.1) is 11.3 Å². The molecule has 0 aliphatic rings. The highest BCUT2D eigenvalue weighted by molar-refractivity contribution is 7.26. The van der Waals surface area contributed by atoms with Crippen molar-refractivity contribution in [3.8, 4) is 45.6 Å². The van der Waals surface area contributed by atoms with Crippen LogP contribution in [0.25, 0.3) is 120 Å². The van der Waals surface area contributed by atoms with Crippen LogP contribution in [0.3, 0.4) is 0 Å². The van der Waals surface area contributed by atoms with Crippen LogP contribution in [-0.4, -0.2) is 19.9 Å². The highest BCUT2D eigenvalue weighted by Crippen LogP contribution is 2.43. The van der Waals surface area contributed by atoms with Crippen molar-refractivity contribution in [1.82, 2.24) is 19.9 Å². The summed E-state index contributed by atoms with van der Waals surface area (Å²) in [5.41, 5.74) is 6.72. The average molecular weight is 723 g/mol. The van der Waals surface area contributed by atoms with Gasteiger partial charge in [-0.1, -0.05) is 109 Å². The molecule has 0 unspecified atom stereocenters. The molecule has 8 aromatic carbocycles. The van der Waals surface area contributed by atoms with Crippen LogP contribution in [0.5, 0.6) is 0 Å². The molecule has 0 atom stereocenters. The van der Waals surface area contributed by atoms with Crippen LogP contribution in [0.2, 0.25) is 0 Å². The predicted octanol–water partition coefficient (Wildman–Crippen LogP) is 13.3. The predicted molar refractivity (Wildman–Crippen MR) is 224 cm³/mol. The first-order chi connectivity index (χ1) is 27.2. The minimum atomic E-state index is 0.575. The third kappa shape index (κ3) is 4.67. The van der Waals surface area contributed by atoms with Crippen molar-refractivity contribution in [1.29, 1.82) is 0 Å². The summed E-state index contributed by atoms with van der Waals surface area (Å²) in [6.45, 7) is 0. The minimum Gasteiger partial charge on any atom is -0.456 e. The van der Waals surface area contributed by atoms with E-state index in [0.29, 0.717) is 28.9 Å². The number of hydrogen-bond donors (Lipinski definition) is 0. The van der Waals surface area contributed by atoms with Gasteiger partial charge in [0.1, 0.15) is 16.7 Å². The topological polar surface area (TPSA) is 77.8 Å². The van der Waals surface area contributed by atoms with Gasteiger partial charge in [-0.25, -0.2) is 19.9 Å². The standard InChI is InChI=1S/C48H26N4O2S/c1-2-11-29(12-3-1)48-49-37-23-25-39-42(43(37)54-48)41-36-26-30(21-20-28(36)22-24-38(41)53-39)45-50-46(34-17-8-13-27-10-4-5-14-31(27)34)52-47(51-45)35-18-9-16-33-32-15-6-7-19-40(32)55-44(33)35/h1-26H. The molecule has 6 nitrogen and oxygen atoms in total. The molecule has 0 saturated heterocycles. The van der Waals surface area contributed by atoms with E-state index < -0.39 is 0 Å². The van der Waals surface area contributed by atoms with Crippen LogP contribution in [0.4, 0.5) is 0 Å². The third-order valence-electron chi connectivity index (χ3n) is 10.6. The Morgan fingerprint density at radius 2 is 1.09 bits per heavy atom. The lowest BCUT2D eigenvalue weighted by molar-refractivity contribution is 0.622. The van der Waals surface area contributed by atoms with E-state index >= 15 is 0 Å². The van der Waals surface area contributed by atoms with Crippen molar-refractivity contribution >= 4 is 86.1 Å². The quantitative estimate of drug-likeness (QED) is 0.180. The van der Waals surface area contributed by atoms with E-state index in [0.717, 1.165) is 76.0 Å². The molecule has 256 valence electrons. The molecule has 0 N–H and O–H groups in total. The Morgan fingerprint density at radius 1 is 0.418 bits per heavy atom. The summed E-state index contributed by atoms with van der Waals surface area (Å²) in [6.07, 6.45) is 0. The fourth-order valence-corrected chi connectivity index (χ4v) is 9.20. The summed E-state index contributed by atoms with van der Waals surface area (Å²) >= 11 is 1.77. The van der Waals surface area contributed by atoms with Crippen molar-refractivity contribution < 1.29 is 8.83 Å². The molecule has 12 rings (SSSR count). The summed E-state index contributed by atoms with van der Waals surface area (Å²) in [7, 11) is 0. The van der Waals surface area contributed by atoms with Gasteiger partial charge in [-0.2, -0.15) is 0 Å². The van der Waals surface area contributed by atoms with Crippen molar-refractivity contribution in [2.24, 2.45) is 0 Å². The van der Waals surface area contributed by atoms with E-state index in [-0.39, 0.29) is 0 Å². The molecule has 0 bridgehead atoms. The van der Waals surface area contributed by atoms with Crippen LogP contribution in [0, 0.1) is 0 Å². The molecule has 0 radical (unpaired) electrons. The van der Waals surface area contributed by atoms with Crippen LogP contribution < -0.4 is 0 Å². The van der Waals surface area contributed by atoms with Gasteiger partial charge in [0.25, 0.3) is 0 Å². The van der Waals surface area contributed by atoms with Crippen molar-refractivity contribution in [2.45, 2.75) is 0 Å². The smallest absolute Gasteiger partial charge is 0.227 e. The molecule has 0 aliphatic heterocycles. The van der Waals surface area contributed by atoms with Gasteiger partial charge in [0, 0.05) is 47.8 Å². The normalized spacial score (nSPS) is 12.0. The number of furan rings is 1. The van der Waals surface area contributed by atoms with E-state index in [4.69, 9.17) is 28.8 Å². The first kappa shape index (κ1) is 30.3. The first-order valence-corrected chi connectivity index (χ1v) is 18.9. The fourth-order valence-electron chi connectivity index (χ4n) is 7.99. The van der Waals surface area contributed by atoms with Gasteiger partial charge in [-0.05, 0) is 70.1 Å². The molecule has 0 aliphatic carbocycles. The Morgan fingerprint density at radius 3 is 2.02 bits per heavy atom. The molecule has 4 heterocycles.